The van der Waals surface area contributed by atoms with E-state index >= 15 is 0 Å². The summed E-state index contributed by atoms with van der Waals surface area (Å²) in [7, 11) is 0. The third-order valence-corrected chi connectivity index (χ3v) is 2.69. The molecule has 80 valence electrons. The molecule has 0 aliphatic rings. The molecule has 0 fully saturated rings. The number of rotatable bonds is 3. The maximum atomic E-state index is 6.06. The Kier molecular flexibility index (Phi) is 2.49. The van der Waals surface area contributed by atoms with Gasteiger partial charge in [0.2, 0.25) is 0 Å². The van der Waals surface area contributed by atoms with Crippen LogP contribution in [0.5, 0.6) is 0 Å². The first-order valence-corrected chi connectivity index (χ1v) is 5.24. The molecule has 0 aliphatic heterocycles. The summed E-state index contributed by atoms with van der Waals surface area (Å²) in [6.45, 7) is 2.16. The zero-order chi connectivity index (χ0) is 10.8. The lowest BCUT2D eigenvalue weighted by molar-refractivity contribution is 0.797. The van der Waals surface area contributed by atoms with E-state index < -0.39 is 0 Å². The molecule has 1 heterocycles. The number of nitrogens with two attached hydrogens (primary N) is 2. The molecule has 2 aromatic rings. The maximum absolute atomic E-state index is 6.06. The van der Waals surface area contributed by atoms with E-state index in [1.165, 1.54) is 0 Å². The first-order valence-electron chi connectivity index (χ1n) is 5.24. The average Bonchev–Trinajstić information content (AvgIpc) is 2.70. The van der Waals surface area contributed by atoms with Gasteiger partial charge in [0, 0.05) is 11.1 Å². The van der Waals surface area contributed by atoms with Crippen LogP contribution in [0.25, 0.3) is 10.9 Å². The Labute approximate surface area is 88.6 Å². The lowest BCUT2D eigenvalue weighted by Gasteiger charge is -2.07. The number of anilines is 2. The van der Waals surface area contributed by atoms with Crippen LogP contribution in [0, 0.1) is 0 Å². The number of nitrogens with one attached hydrogen (secondary N) is 1. The normalized spacial score (nSPS) is 11.0. The summed E-state index contributed by atoms with van der Waals surface area (Å²) in [5, 5.41) is 7.75. The second-order valence-corrected chi connectivity index (χ2v) is 3.80. The predicted octanol–water partition coefficient (Wildman–Crippen LogP) is 2.07. The van der Waals surface area contributed by atoms with Crippen molar-refractivity contribution < 1.29 is 0 Å². The molecule has 0 saturated heterocycles. The number of aromatic nitrogens is 2. The molecule has 0 saturated carbocycles. The maximum Gasteiger partial charge on any atom is 0.0900 e. The van der Waals surface area contributed by atoms with Crippen LogP contribution in [0.2, 0.25) is 0 Å². The van der Waals surface area contributed by atoms with Crippen molar-refractivity contribution in [2.24, 2.45) is 0 Å². The fourth-order valence-corrected chi connectivity index (χ4v) is 1.80. The second-order valence-electron chi connectivity index (χ2n) is 3.80. The summed E-state index contributed by atoms with van der Waals surface area (Å²) in [6, 6.07) is 1.95. The summed E-state index contributed by atoms with van der Waals surface area (Å²) in [4.78, 5) is 0. The van der Waals surface area contributed by atoms with Crippen LogP contribution in [0.15, 0.2) is 12.3 Å². The fourth-order valence-electron chi connectivity index (χ4n) is 1.80. The quantitative estimate of drug-likeness (QED) is 0.669. The van der Waals surface area contributed by atoms with Crippen molar-refractivity contribution >= 4 is 22.3 Å². The fraction of sp³-hybridized carbons (Fsp3) is 0.364. The minimum absolute atomic E-state index is 0.725. The molecular weight excluding hydrogens is 188 g/mol. The van der Waals surface area contributed by atoms with Crippen LogP contribution in [0.1, 0.15) is 25.3 Å². The highest BCUT2D eigenvalue weighted by Gasteiger charge is 2.09. The summed E-state index contributed by atoms with van der Waals surface area (Å²) in [5.41, 5.74) is 15.5. The molecule has 4 heteroatoms. The molecule has 0 amide bonds. The van der Waals surface area contributed by atoms with Crippen LogP contribution in [0.3, 0.4) is 0 Å². The summed E-state index contributed by atoms with van der Waals surface area (Å²) in [6.07, 6.45) is 5.00. The van der Waals surface area contributed by atoms with Crippen LogP contribution in [-0.2, 0) is 6.42 Å². The van der Waals surface area contributed by atoms with E-state index in [1.807, 2.05) is 6.07 Å². The number of nitrogens with zero attached hydrogens (tertiary/aromatic N) is 1. The minimum atomic E-state index is 0.725. The Morgan fingerprint density at radius 1 is 1.40 bits per heavy atom. The Morgan fingerprint density at radius 2 is 2.20 bits per heavy atom. The molecule has 5 N–H and O–H groups in total. The molecule has 4 nitrogen and oxygen atoms in total. The zero-order valence-electron chi connectivity index (χ0n) is 8.88. The lowest BCUT2D eigenvalue weighted by atomic mass is 10.0. The van der Waals surface area contributed by atoms with Crippen molar-refractivity contribution in [3.63, 3.8) is 0 Å². The zero-order valence-corrected chi connectivity index (χ0v) is 8.88. The van der Waals surface area contributed by atoms with Gasteiger partial charge in [0.15, 0.2) is 0 Å². The summed E-state index contributed by atoms with van der Waals surface area (Å²) < 4.78 is 0. The van der Waals surface area contributed by atoms with E-state index in [9.17, 15) is 0 Å². The SMILES string of the molecule is CCCCc1cc(N)c2[nH]ncc2c1N. The average molecular weight is 204 g/mol. The van der Waals surface area contributed by atoms with Gasteiger partial charge in [-0.15, -0.1) is 0 Å². The Bertz CT molecular complexity index is 473. The van der Waals surface area contributed by atoms with Gasteiger partial charge in [0.1, 0.15) is 0 Å². The van der Waals surface area contributed by atoms with Gasteiger partial charge in [0.05, 0.1) is 17.4 Å². The molecule has 0 unspecified atom stereocenters. The highest BCUT2D eigenvalue weighted by molar-refractivity contribution is 5.98. The molecule has 0 atom stereocenters. The first-order chi connectivity index (χ1) is 7.24. The number of aryl methyl sites for hydroxylation is 1. The van der Waals surface area contributed by atoms with Crippen LogP contribution in [0.4, 0.5) is 11.4 Å². The van der Waals surface area contributed by atoms with Crippen molar-refractivity contribution in [3.8, 4) is 0 Å². The highest BCUT2D eigenvalue weighted by Crippen LogP contribution is 2.29. The number of hydrogen-bond donors (Lipinski definition) is 3. The first kappa shape index (κ1) is 9.83. The molecular formula is C11H16N4. The molecule has 0 bridgehead atoms. The molecule has 1 aromatic carbocycles. The van der Waals surface area contributed by atoms with Crippen molar-refractivity contribution in [2.75, 3.05) is 11.5 Å². The van der Waals surface area contributed by atoms with E-state index in [4.69, 9.17) is 11.5 Å². The number of hydrogen-bond acceptors (Lipinski definition) is 3. The summed E-state index contributed by atoms with van der Waals surface area (Å²) >= 11 is 0. The van der Waals surface area contributed by atoms with Gasteiger partial charge in [-0.2, -0.15) is 5.10 Å². The van der Waals surface area contributed by atoms with Gasteiger partial charge in [-0.1, -0.05) is 13.3 Å². The number of H-pyrrole nitrogens is 1. The monoisotopic (exact) mass is 204 g/mol. The third-order valence-electron chi connectivity index (χ3n) is 2.69. The second kappa shape index (κ2) is 3.81. The third kappa shape index (κ3) is 1.63. The summed E-state index contributed by atoms with van der Waals surface area (Å²) in [5.74, 6) is 0. The number of benzene rings is 1. The van der Waals surface area contributed by atoms with Gasteiger partial charge in [0.25, 0.3) is 0 Å². The molecule has 15 heavy (non-hydrogen) atoms. The number of fused-ring (bicyclic) bond motifs is 1. The topological polar surface area (TPSA) is 80.7 Å². The minimum Gasteiger partial charge on any atom is -0.398 e. The van der Waals surface area contributed by atoms with E-state index in [1.54, 1.807) is 6.20 Å². The number of nitrogen functional groups attached to an aromatic ring is 2. The van der Waals surface area contributed by atoms with Crippen molar-refractivity contribution in [2.45, 2.75) is 26.2 Å². The van der Waals surface area contributed by atoms with Gasteiger partial charge >= 0.3 is 0 Å². The Balaban J connectivity index is 2.51. The van der Waals surface area contributed by atoms with Crippen molar-refractivity contribution in [1.29, 1.82) is 0 Å². The van der Waals surface area contributed by atoms with Crippen LogP contribution < -0.4 is 11.5 Å². The van der Waals surface area contributed by atoms with E-state index in [-0.39, 0.29) is 0 Å². The molecule has 0 aliphatic carbocycles. The Hall–Kier alpha value is -1.71. The Morgan fingerprint density at radius 3 is 2.93 bits per heavy atom. The molecule has 0 radical (unpaired) electrons. The van der Waals surface area contributed by atoms with Gasteiger partial charge in [-0.25, -0.2) is 0 Å². The van der Waals surface area contributed by atoms with E-state index in [2.05, 4.69) is 17.1 Å². The van der Waals surface area contributed by atoms with Crippen molar-refractivity contribution in [1.82, 2.24) is 10.2 Å². The van der Waals surface area contributed by atoms with Gasteiger partial charge in [-0.3, -0.25) is 5.10 Å². The van der Waals surface area contributed by atoms with E-state index in [0.717, 1.165) is 47.1 Å². The predicted molar refractivity (Wildman–Crippen MR) is 63.5 cm³/mol. The molecule has 2 rings (SSSR count). The van der Waals surface area contributed by atoms with Crippen molar-refractivity contribution in [3.05, 3.63) is 17.8 Å². The standard InChI is InChI=1S/C11H16N4/c1-2-3-4-7-5-9(12)11-8(10(7)13)6-14-15-11/h5-6H,2-4,12-13H2,1H3,(H,14,15). The largest absolute Gasteiger partial charge is 0.398 e. The number of aromatic amines is 1. The van der Waals surface area contributed by atoms with Gasteiger partial charge < -0.3 is 11.5 Å². The van der Waals surface area contributed by atoms with E-state index in [0.29, 0.717) is 0 Å². The smallest absolute Gasteiger partial charge is 0.0900 e. The van der Waals surface area contributed by atoms with Crippen LogP contribution >= 0.6 is 0 Å². The highest BCUT2D eigenvalue weighted by atomic mass is 15.1. The molecule has 0 spiro atoms. The molecule has 1 aromatic heterocycles. The van der Waals surface area contributed by atoms with Gasteiger partial charge in [-0.05, 0) is 24.5 Å². The van der Waals surface area contributed by atoms with Crippen LogP contribution in [-0.4, -0.2) is 10.2 Å². The lowest BCUT2D eigenvalue weighted by Crippen LogP contribution is -1.98. The number of unbranched alkanes of at least 4 members (excludes halogenated alkanes) is 1.